The fourth-order valence-electron chi connectivity index (χ4n) is 10.4. The number of benzene rings is 3. The Bertz CT molecular complexity index is 2630. The Morgan fingerprint density at radius 2 is 1.39 bits per heavy atom. The number of unbranched alkanes of at least 4 members (excludes halogenated alkanes) is 2. The Hall–Kier alpha value is -7.25. The highest BCUT2D eigenvalue weighted by Gasteiger charge is 2.58. The molecule has 1 unspecified atom stereocenters. The highest BCUT2D eigenvalue weighted by Crippen LogP contribution is 2.57. The molecule has 0 radical (unpaired) electrons. The third-order valence-corrected chi connectivity index (χ3v) is 14.5. The number of rotatable bonds is 17. The van der Waals surface area contributed by atoms with Gasteiger partial charge in [0.2, 0.25) is 5.91 Å². The topological polar surface area (TPSA) is 201 Å². The first-order valence-corrected chi connectivity index (χ1v) is 24.5. The number of fused-ring (bicyclic) bond motifs is 4. The van der Waals surface area contributed by atoms with Crippen LogP contribution in [-0.4, -0.2) is 160 Å². The van der Waals surface area contributed by atoms with Crippen LogP contribution in [-0.2, 0) is 14.3 Å². The van der Waals surface area contributed by atoms with Crippen molar-refractivity contribution in [3.63, 3.8) is 0 Å². The van der Waals surface area contributed by atoms with Crippen molar-refractivity contribution >= 4 is 52.5 Å². The summed E-state index contributed by atoms with van der Waals surface area (Å²) in [6.45, 7) is 10.3. The summed E-state index contributed by atoms with van der Waals surface area (Å²) in [6, 6.07) is 13.4. The van der Waals surface area contributed by atoms with E-state index in [1.165, 1.54) is 31.3 Å². The van der Waals surface area contributed by atoms with Gasteiger partial charge in [0.25, 0.3) is 11.8 Å². The van der Waals surface area contributed by atoms with Gasteiger partial charge in [-0.2, -0.15) is 0 Å². The minimum absolute atomic E-state index is 0.0240. The average molecular weight is 991 g/mol. The molecule has 3 aromatic carbocycles. The first-order chi connectivity index (χ1) is 34.9. The largest absolute Gasteiger partial charge is 0.493 e. The molecule has 9 rings (SSSR count). The van der Waals surface area contributed by atoms with E-state index in [1.807, 2.05) is 30.5 Å². The summed E-state index contributed by atoms with van der Waals surface area (Å²) in [5.74, 6) is 0.386. The van der Waals surface area contributed by atoms with E-state index in [9.17, 15) is 34.2 Å². The zero-order valence-electron chi connectivity index (χ0n) is 40.8. The predicted octanol–water partition coefficient (Wildman–Crippen LogP) is 5.83. The molecule has 72 heavy (non-hydrogen) atoms. The molecule has 0 bridgehead atoms. The summed E-state index contributed by atoms with van der Waals surface area (Å²) >= 11 is 0. The van der Waals surface area contributed by atoms with Gasteiger partial charge >= 0.3 is 12.2 Å². The van der Waals surface area contributed by atoms with Gasteiger partial charge in [0, 0.05) is 56.7 Å². The summed E-state index contributed by atoms with van der Waals surface area (Å²) in [5.41, 5.74) is 3.80. The molecule has 19 heteroatoms. The molecule has 2 N–H and O–H groups in total. The molecular weight excluding hydrogens is 929 g/mol. The second-order valence-electron chi connectivity index (χ2n) is 18.9. The summed E-state index contributed by atoms with van der Waals surface area (Å²) in [7, 11) is 2.96. The molecule has 5 heterocycles. The number of anilines is 3. The van der Waals surface area contributed by atoms with Crippen LogP contribution in [0.3, 0.4) is 0 Å². The van der Waals surface area contributed by atoms with Crippen molar-refractivity contribution in [2.45, 2.75) is 63.3 Å². The van der Waals surface area contributed by atoms with Crippen molar-refractivity contribution in [3.8, 4) is 23.0 Å². The number of amides is 5. The second-order valence-corrected chi connectivity index (χ2v) is 18.9. The molecule has 6 aliphatic rings. The number of methoxy groups -OCH3 is 2. The molecule has 0 aromatic heterocycles. The number of piperazine rings is 1. The quantitative estimate of drug-likeness (QED) is 0.121. The Balaban J connectivity index is 0.850. The van der Waals surface area contributed by atoms with Crippen molar-refractivity contribution < 1.29 is 62.6 Å². The minimum Gasteiger partial charge on any atom is -0.493 e. The number of ether oxygens (including phenoxy) is 6. The van der Waals surface area contributed by atoms with Crippen LogP contribution >= 0.6 is 0 Å². The maximum absolute atomic E-state index is 14.4. The van der Waals surface area contributed by atoms with Gasteiger partial charge in [0.15, 0.2) is 29.2 Å². The van der Waals surface area contributed by atoms with Crippen LogP contribution in [0.25, 0.3) is 5.57 Å². The van der Waals surface area contributed by atoms with Crippen LogP contribution in [0.2, 0.25) is 0 Å². The average Bonchev–Trinajstić information content (AvgIpc) is 3.91. The number of hydrogen-bond donors (Lipinski definition) is 2. The molecule has 1 spiro atoms. The van der Waals surface area contributed by atoms with Gasteiger partial charge in [0.05, 0.1) is 68.6 Å². The van der Waals surface area contributed by atoms with Crippen molar-refractivity contribution in [2.75, 3.05) is 101 Å². The molecule has 382 valence electrons. The minimum atomic E-state index is -1.34. The first kappa shape index (κ1) is 49.7. The maximum atomic E-state index is 14.4. The lowest BCUT2D eigenvalue weighted by molar-refractivity contribution is -0.134. The van der Waals surface area contributed by atoms with Crippen LogP contribution in [0.5, 0.6) is 23.0 Å². The lowest BCUT2D eigenvalue weighted by Gasteiger charge is -2.36. The van der Waals surface area contributed by atoms with Crippen LogP contribution in [0.4, 0.5) is 26.7 Å². The molecule has 19 nitrogen and oxygen atoms in total. The third-order valence-electron chi connectivity index (χ3n) is 14.5. The van der Waals surface area contributed by atoms with Gasteiger partial charge in [-0.1, -0.05) is 37.4 Å². The van der Waals surface area contributed by atoms with E-state index in [1.54, 1.807) is 39.0 Å². The lowest BCUT2D eigenvalue weighted by atomic mass is 10.0. The van der Waals surface area contributed by atoms with Crippen LogP contribution < -0.4 is 33.6 Å². The number of carbonyl (C=O) groups is 5. The highest BCUT2D eigenvalue weighted by molar-refractivity contribution is 6.07. The monoisotopic (exact) mass is 990 g/mol. The molecule has 5 amide bonds. The Morgan fingerprint density at radius 1 is 0.778 bits per heavy atom. The second kappa shape index (κ2) is 21.2. The van der Waals surface area contributed by atoms with Crippen LogP contribution in [0.1, 0.15) is 71.2 Å². The molecule has 5 aliphatic heterocycles. The summed E-state index contributed by atoms with van der Waals surface area (Å²) in [5, 5.41) is 20.9. The van der Waals surface area contributed by atoms with E-state index in [2.05, 4.69) is 18.1 Å². The zero-order chi connectivity index (χ0) is 50.7. The normalized spacial score (nSPS) is 20.6. The van der Waals surface area contributed by atoms with Crippen molar-refractivity contribution in [1.82, 2.24) is 14.7 Å². The number of hydrogen-bond acceptors (Lipinski definition) is 14. The van der Waals surface area contributed by atoms with Crippen LogP contribution in [0.15, 0.2) is 80.0 Å². The number of aliphatic hydroxyl groups excluding tert-OH is 2. The summed E-state index contributed by atoms with van der Waals surface area (Å²) in [6.07, 6.45) is 6.85. The van der Waals surface area contributed by atoms with Crippen molar-refractivity contribution in [3.05, 3.63) is 96.7 Å². The number of aliphatic hydroxyl groups is 2. The fraction of sp³-hybridized carbons (Fsp3) is 0.453. The number of nitrogens with zero attached hydrogens (tertiary/aromatic N) is 6. The summed E-state index contributed by atoms with van der Waals surface area (Å²) < 4.78 is 34.8. The van der Waals surface area contributed by atoms with E-state index >= 15 is 0 Å². The maximum Gasteiger partial charge on any atom is 0.416 e. The molecule has 3 atom stereocenters. The zero-order valence-corrected chi connectivity index (χ0v) is 40.8. The fourth-order valence-corrected chi connectivity index (χ4v) is 10.4. The van der Waals surface area contributed by atoms with Crippen molar-refractivity contribution in [2.24, 2.45) is 5.41 Å². The molecule has 3 aromatic rings. The molecular formula is C53H62N6O13. The first-order valence-electron chi connectivity index (χ1n) is 24.5. The van der Waals surface area contributed by atoms with Gasteiger partial charge in [-0.3, -0.25) is 19.3 Å². The lowest BCUT2D eigenvalue weighted by Crippen LogP contribution is -2.50. The van der Waals surface area contributed by atoms with Crippen molar-refractivity contribution in [1.29, 1.82) is 0 Å². The van der Waals surface area contributed by atoms with E-state index in [0.717, 1.165) is 34.6 Å². The van der Waals surface area contributed by atoms with Crippen LogP contribution in [0, 0.1) is 5.41 Å². The standard InChI is InChI=1S/C53H62N6O13/c1-5-20-71-51(65)57-31-37-24-35(34-10-12-36(13-11-34)54-16-18-55(19-17-54)47(61)32-60)30-56(37)48(62)38-25-43(67-3)45(27-40(38)57)69-22-8-7-9-23-70-46-28-41-39(26-44(46)68-4)49(63)58-33-53(14-15-53)29-42(58)50(64)59(41)52(66)72-21-6-2/h5-6,10-13,25-28,30,37,42,50,60,64H,1-2,7-9,14-24,29,31-33H2,3-4H3/t37-,42-,50?/m0/s1. The Kier molecular flexibility index (Phi) is 14.7. The van der Waals surface area contributed by atoms with E-state index < -0.39 is 37.1 Å². The third kappa shape index (κ3) is 9.86. The molecule has 2 saturated heterocycles. The van der Waals surface area contributed by atoms with E-state index in [0.29, 0.717) is 93.5 Å². The van der Waals surface area contributed by atoms with Gasteiger partial charge in [-0.15, -0.1) is 0 Å². The SMILES string of the molecule is C=CCOC(=O)N1C[C@@H]2CC(c3ccc(N4CCN(C(=O)CO)CC4)cc3)=CN2C(=O)c2cc(OC)c(OCCCCCOc3cc4c(cc3OC)C(=O)N3CC5(CC5)C[C@H]3C(O)N4C(=O)OCC=C)cc21. The van der Waals surface area contributed by atoms with Gasteiger partial charge < -0.3 is 58.2 Å². The van der Waals surface area contributed by atoms with Gasteiger partial charge in [0.1, 0.15) is 19.8 Å². The predicted molar refractivity (Wildman–Crippen MR) is 266 cm³/mol. The molecule has 1 saturated carbocycles. The molecule has 1 aliphatic carbocycles. The number of carbonyl (C=O) groups excluding carboxylic acids is 5. The van der Waals surface area contributed by atoms with E-state index in [4.69, 9.17) is 28.4 Å². The summed E-state index contributed by atoms with van der Waals surface area (Å²) in [4.78, 5) is 77.5. The smallest absolute Gasteiger partial charge is 0.416 e. The molecule has 3 fully saturated rings. The Morgan fingerprint density at radius 3 is 1.99 bits per heavy atom. The van der Waals surface area contributed by atoms with Gasteiger partial charge in [-0.25, -0.2) is 14.5 Å². The van der Waals surface area contributed by atoms with Gasteiger partial charge in [-0.05, 0) is 85.8 Å². The highest BCUT2D eigenvalue weighted by atomic mass is 16.6. The van der Waals surface area contributed by atoms with E-state index in [-0.39, 0.29) is 72.9 Å². The Labute approximate surface area is 418 Å².